The lowest BCUT2D eigenvalue weighted by molar-refractivity contribution is 0.420. The summed E-state index contributed by atoms with van der Waals surface area (Å²) in [6, 6.07) is 2.27. The van der Waals surface area contributed by atoms with Gasteiger partial charge in [-0.1, -0.05) is 6.92 Å². The summed E-state index contributed by atoms with van der Waals surface area (Å²) in [5, 5.41) is 3.69. The van der Waals surface area contributed by atoms with Crippen LogP contribution in [0.2, 0.25) is 0 Å². The lowest BCUT2D eigenvalue weighted by Crippen LogP contribution is -2.41. The van der Waals surface area contributed by atoms with E-state index in [1.54, 1.807) is 17.3 Å². The van der Waals surface area contributed by atoms with Crippen LogP contribution >= 0.6 is 11.8 Å². The Balaban J connectivity index is 1.77. The van der Waals surface area contributed by atoms with E-state index in [9.17, 15) is 8.42 Å². The zero-order valence-corrected chi connectivity index (χ0v) is 14.1. The molecule has 3 rings (SSSR count). The molecule has 118 valence electrons. The first-order valence-corrected chi connectivity index (χ1v) is 9.90. The summed E-state index contributed by atoms with van der Waals surface area (Å²) in [5.41, 5.74) is 0. The van der Waals surface area contributed by atoms with E-state index in [1.807, 2.05) is 11.8 Å². The molecule has 5 nitrogen and oxygen atoms in total. The Kier molecular flexibility index (Phi) is 4.36. The van der Waals surface area contributed by atoms with Crippen LogP contribution in [0, 0.1) is 6.92 Å². The fraction of sp³-hybridized carbons (Fsp3) is 0.714. The number of nitrogens with zero attached hydrogens (tertiary/aromatic N) is 1. The van der Waals surface area contributed by atoms with Gasteiger partial charge in [0.2, 0.25) is 10.0 Å². The van der Waals surface area contributed by atoms with Gasteiger partial charge >= 0.3 is 0 Å². The Morgan fingerprint density at radius 1 is 1.48 bits per heavy atom. The molecular weight excluding hydrogens is 308 g/mol. The van der Waals surface area contributed by atoms with Crippen molar-refractivity contribution in [1.82, 2.24) is 9.62 Å². The fourth-order valence-corrected chi connectivity index (χ4v) is 5.48. The molecule has 1 aliphatic carbocycles. The van der Waals surface area contributed by atoms with Crippen molar-refractivity contribution in [2.75, 3.05) is 18.8 Å². The normalized spacial score (nSPS) is 24.4. The maximum Gasteiger partial charge on any atom is 0.246 e. The quantitative estimate of drug-likeness (QED) is 0.894. The summed E-state index contributed by atoms with van der Waals surface area (Å²) >= 11 is 1.82. The highest BCUT2D eigenvalue weighted by Gasteiger charge is 2.32. The fourth-order valence-electron chi connectivity index (χ4n) is 2.54. The third kappa shape index (κ3) is 3.47. The van der Waals surface area contributed by atoms with Crippen LogP contribution in [0.15, 0.2) is 15.4 Å². The second-order valence-electron chi connectivity index (χ2n) is 5.83. The standard InChI is InChI=1S/C14H22N2O3S2/c1-10-9-16(5-6-20-10)21(17,18)14-7-13(19-11(14)2)8-15-12-3-4-12/h7,10,12,15H,3-6,8-9H2,1-2H3. The van der Waals surface area contributed by atoms with Gasteiger partial charge in [0.25, 0.3) is 0 Å². The van der Waals surface area contributed by atoms with E-state index in [4.69, 9.17) is 4.42 Å². The number of hydrogen-bond acceptors (Lipinski definition) is 5. The van der Waals surface area contributed by atoms with Crippen molar-refractivity contribution in [3.05, 3.63) is 17.6 Å². The molecule has 0 aromatic carbocycles. The highest BCUT2D eigenvalue weighted by atomic mass is 32.2. The zero-order chi connectivity index (χ0) is 15.0. The molecule has 1 aromatic rings. The van der Waals surface area contributed by atoms with Crippen molar-refractivity contribution in [1.29, 1.82) is 0 Å². The van der Waals surface area contributed by atoms with E-state index in [1.165, 1.54) is 12.8 Å². The van der Waals surface area contributed by atoms with Crippen LogP contribution in [0.5, 0.6) is 0 Å². The highest BCUT2D eigenvalue weighted by molar-refractivity contribution is 8.00. The first-order valence-electron chi connectivity index (χ1n) is 7.41. The molecule has 7 heteroatoms. The number of furan rings is 1. The molecule has 0 bridgehead atoms. The predicted molar refractivity (Wildman–Crippen MR) is 84.0 cm³/mol. The van der Waals surface area contributed by atoms with E-state index in [0.717, 1.165) is 5.75 Å². The van der Waals surface area contributed by atoms with Crippen LogP contribution < -0.4 is 5.32 Å². The summed E-state index contributed by atoms with van der Waals surface area (Å²) < 4.78 is 32.7. The third-order valence-electron chi connectivity index (χ3n) is 3.89. The van der Waals surface area contributed by atoms with Gasteiger partial charge in [-0.2, -0.15) is 16.1 Å². The predicted octanol–water partition coefficient (Wildman–Crippen LogP) is 1.97. The molecule has 1 N–H and O–H groups in total. The molecule has 0 spiro atoms. The molecule has 0 radical (unpaired) electrons. The number of nitrogens with one attached hydrogen (secondary N) is 1. The lowest BCUT2D eigenvalue weighted by atomic mass is 10.4. The van der Waals surface area contributed by atoms with Crippen LogP contribution in [0.1, 0.15) is 31.3 Å². The first kappa shape index (κ1) is 15.4. The minimum Gasteiger partial charge on any atom is -0.464 e. The maximum atomic E-state index is 12.8. The van der Waals surface area contributed by atoms with Crippen LogP contribution in [-0.2, 0) is 16.6 Å². The second-order valence-corrected chi connectivity index (χ2v) is 9.29. The van der Waals surface area contributed by atoms with Crippen LogP contribution in [0.25, 0.3) is 0 Å². The van der Waals surface area contributed by atoms with Crippen LogP contribution in [0.4, 0.5) is 0 Å². The maximum absolute atomic E-state index is 12.8. The molecule has 1 unspecified atom stereocenters. The van der Waals surface area contributed by atoms with Gasteiger partial charge in [0.1, 0.15) is 16.4 Å². The number of aryl methyl sites for hydroxylation is 1. The van der Waals surface area contributed by atoms with E-state index in [0.29, 0.717) is 47.3 Å². The molecule has 2 fully saturated rings. The Morgan fingerprint density at radius 3 is 2.90 bits per heavy atom. The van der Waals surface area contributed by atoms with Crippen molar-refractivity contribution in [2.45, 2.75) is 49.4 Å². The monoisotopic (exact) mass is 330 g/mol. The van der Waals surface area contributed by atoms with E-state index < -0.39 is 10.0 Å². The largest absolute Gasteiger partial charge is 0.464 e. The zero-order valence-electron chi connectivity index (χ0n) is 12.5. The van der Waals surface area contributed by atoms with Gasteiger partial charge in [0.15, 0.2) is 0 Å². The summed E-state index contributed by atoms with van der Waals surface area (Å²) in [6.45, 7) is 5.56. The molecule has 2 heterocycles. The van der Waals surface area contributed by atoms with Crippen molar-refractivity contribution in [2.24, 2.45) is 0 Å². The van der Waals surface area contributed by atoms with E-state index in [2.05, 4.69) is 12.2 Å². The summed E-state index contributed by atoms with van der Waals surface area (Å²) in [5.74, 6) is 2.05. The molecule has 2 aliphatic rings. The van der Waals surface area contributed by atoms with E-state index in [-0.39, 0.29) is 0 Å². The Labute approximate surface area is 130 Å². The average molecular weight is 330 g/mol. The number of sulfonamides is 1. The van der Waals surface area contributed by atoms with Crippen molar-refractivity contribution in [3.8, 4) is 0 Å². The van der Waals surface area contributed by atoms with Gasteiger partial charge in [0.05, 0.1) is 6.54 Å². The molecule has 21 heavy (non-hydrogen) atoms. The molecule has 0 amide bonds. The molecule has 1 saturated heterocycles. The van der Waals surface area contributed by atoms with Crippen molar-refractivity contribution in [3.63, 3.8) is 0 Å². The molecular formula is C14H22N2O3S2. The van der Waals surface area contributed by atoms with Gasteiger partial charge in [-0.15, -0.1) is 0 Å². The Hall–Kier alpha value is -0.500. The van der Waals surface area contributed by atoms with Gasteiger partial charge in [0, 0.05) is 36.2 Å². The van der Waals surface area contributed by atoms with Gasteiger partial charge < -0.3 is 9.73 Å². The number of hydrogen-bond donors (Lipinski definition) is 1. The number of thioether (sulfide) groups is 1. The first-order chi connectivity index (χ1) is 9.96. The highest BCUT2D eigenvalue weighted by Crippen LogP contribution is 2.28. The SMILES string of the molecule is Cc1oc(CNC2CC2)cc1S(=O)(=O)N1CCSC(C)C1. The lowest BCUT2D eigenvalue weighted by Gasteiger charge is -2.29. The second kappa shape index (κ2) is 5.95. The summed E-state index contributed by atoms with van der Waals surface area (Å²) in [4.78, 5) is 0.328. The minimum atomic E-state index is -3.43. The van der Waals surface area contributed by atoms with Crippen LogP contribution in [0.3, 0.4) is 0 Å². The summed E-state index contributed by atoms with van der Waals surface area (Å²) in [7, 11) is -3.43. The Bertz CT molecular complexity index is 608. The van der Waals surface area contributed by atoms with E-state index >= 15 is 0 Å². The average Bonchev–Trinajstić information content (AvgIpc) is 3.19. The molecule has 1 atom stereocenters. The Morgan fingerprint density at radius 2 is 2.24 bits per heavy atom. The summed E-state index contributed by atoms with van der Waals surface area (Å²) in [6.07, 6.45) is 2.41. The molecule has 1 saturated carbocycles. The molecule has 1 aliphatic heterocycles. The van der Waals surface area contributed by atoms with Gasteiger partial charge in [-0.05, 0) is 19.8 Å². The van der Waals surface area contributed by atoms with Crippen molar-refractivity contribution >= 4 is 21.8 Å². The third-order valence-corrected chi connectivity index (χ3v) is 7.00. The molecule has 1 aromatic heterocycles. The van der Waals surface area contributed by atoms with Gasteiger partial charge in [-0.25, -0.2) is 8.42 Å². The van der Waals surface area contributed by atoms with Gasteiger partial charge in [-0.3, -0.25) is 0 Å². The smallest absolute Gasteiger partial charge is 0.246 e. The van der Waals surface area contributed by atoms with Crippen molar-refractivity contribution < 1.29 is 12.8 Å². The number of rotatable bonds is 5. The minimum absolute atomic E-state index is 0.328. The van der Waals surface area contributed by atoms with Crippen LogP contribution in [-0.4, -0.2) is 42.9 Å². The topological polar surface area (TPSA) is 62.6 Å².